The molecule has 1 saturated heterocycles. The quantitative estimate of drug-likeness (QED) is 0.743. The van der Waals surface area contributed by atoms with E-state index in [1.54, 1.807) is 13.0 Å². The standard InChI is InChI=1S/C11H14FNO/c1-7-2-3-8(6-9(7)12)11-10(13)4-5-14-11/h2-3,6,10-11H,4-5,13H2,1H3. The molecular formula is C11H14FNO. The van der Waals surface area contributed by atoms with Crippen molar-refractivity contribution in [1.82, 2.24) is 0 Å². The molecule has 2 N–H and O–H groups in total. The molecule has 0 saturated carbocycles. The van der Waals surface area contributed by atoms with Gasteiger partial charge in [0.1, 0.15) is 5.82 Å². The van der Waals surface area contributed by atoms with E-state index in [2.05, 4.69) is 0 Å². The second kappa shape index (κ2) is 3.67. The molecule has 2 nitrogen and oxygen atoms in total. The van der Waals surface area contributed by atoms with Gasteiger partial charge in [0.25, 0.3) is 0 Å². The molecule has 0 bridgehead atoms. The van der Waals surface area contributed by atoms with Crippen molar-refractivity contribution in [2.45, 2.75) is 25.5 Å². The first-order valence-corrected chi connectivity index (χ1v) is 4.81. The number of hydrogen-bond acceptors (Lipinski definition) is 2. The number of ether oxygens (including phenoxy) is 1. The highest BCUT2D eigenvalue weighted by Gasteiger charge is 2.26. The van der Waals surface area contributed by atoms with Crippen molar-refractivity contribution >= 4 is 0 Å². The zero-order valence-corrected chi connectivity index (χ0v) is 8.16. The van der Waals surface area contributed by atoms with E-state index in [0.29, 0.717) is 12.2 Å². The van der Waals surface area contributed by atoms with Crippen LogP contribution in [0.2, 0.25) is 0 Å². The monoisotopic (exact) mass is 195 g/mol. The van der Waals surface area contributed by atoms with E-state index in [1.807, 2.05) is 6.07 Å². The lowest BCUT2D eigenvalue weighted by Crippen LogP contribution is -2.23. The summed E-state index contributed by atoms with van der Waals surface area (Å²) in [5.41, 5.74) is 7.35. The largest absolute Gasteiger partial charge is 0.372 e. The van der Waals surface area contributed by atoms with Gasteiger partial charge in [0, 0.05) is 12.6 Å². The minimum atomic E-state index is -0.190. The normalized spacial score (nSPS) is 26.8. The van der Waals surface area contributed by atoms with Gasteiger partial charge in [0.15, 0.2) is 0 Å². The summed E-state index contributed by atoms with van der Waals surface area (Å²) in [6.07, 6.45) is 0.713. The first-order chi connectivity index (χ1) is 6.68. The maximum absolute atomic E-state index is 13.3. The summed E-state index contributed by atoms with van der Waals surface area (Å²) >= 11 is 0. The van der Waals surface area contributed by atoms with Crippen LogP contribution in [0.4, 0.5) is 4.39 Å². The van der Waals surface area contributed by atoms with Crippen molar-refractivity contribution in [2.75, 3.05) is 6.61 Å². The van der Waals surface area contributed by atoms with Gasteiger partial charge in [-0.3, -0.25) is 0 Å². The molecule has 0 amide bonds. The SMILES string of the molecule is Cc1ccc(C2OCCC2N)cc1F. The molecule has 1 aliphatic rings. The lowest BCUT2D eigenvalue weighted by molar-refractivity contribution is 0.105. The average molecular weight is 195 g/mol. The fraction of sp³-hybridized carbons (Fsp3) is 0.455. The summed E-state index contributed by atoms with van der Waals surface area (Å²) in [6.45, 7) is 2.41. The molecule has 0 radical (unpaired) electrons. The Morgan fingerprint density at radius 3 is 2.86 bits per heavy atom. The first kappa shape index (κ1) is 9.62. The lowest BCUT2D eigenvalue weighted by atomic mass is 10.0. The van der Waals surface area contributed by atoms with Crippen LogP contribution < -0.4 is 5.73 Å². The molecule has 0 aliphatic carbocycles. The van der Waals surface area contributed by atoms with Crippen molar-refractivity contribution in [3.8, 4) is 0 Å². The van der Waals surface area contributed by atoms with Crippen LogP contribution >= 0.6 is 0 Å². The van der Waals surface area contributed by atoms with E-state index in [-0.39, 0.29) is 18.0 Å². The highest BCUT2D eigenvalue weighted by Crippen LogP contribution is 2.28. The minimum Gasteiger partial charge on any atom is -0.372 e. The highest BCUT2D eigenvalue weighted by molar-refractivity contribution is 5.26. The average Bonchev–Trinajstić information content (AvgIpc) is 2.57. The van der Waals surface area contributed by atoms with Crippen LogP contribution in [0.25, 0.3) is 0 Å². The molecule has 1 aliphatic heterocycles. The van der Waals surface area contributed by atoms with Gasteiger partial charge in [0.2, 0.25) is 0 Å². The van der Waals surface area contributed by atoms with Gasteiger partial charge in [-0.2, -0.15) is 0 Å². The minimum absolute atomic E-state index is 0.00268. The number of rotatable bonds is 1. The van der Waals surface area contributed by atoms with Crippen LogP contribution in [0.15, 0.2) is 18.2 Å². The van der Waals surface area contributed by atoms with Gasteiger partial charge in [-0.1, -0.05) is 12.1 Å². The Balaban J connectivity index is 2.28. The van der Waals surface area contributed by atoms with Crippen molar-refractivity contribution in [2.24, 2.45) is 5.73 Å². The number of nitrogens with two attached hydrogens (primary N) is 1. The van der Waals surface area contributed by atoms with Crippen LogP contribution in [0.3, 0.4) is 0 Å². The molecule has 0 spiro atoms. The van der Waals surface area contributed by atoms with Crippen molar-refractivity contribution in [1.29, 1.82) is 0 Å². The van der Waals surface area contributed by atoms with Crippen LogP contribution in [0, 0.1) is 12.7 Å². The van der Waals surface area contributed by atoms with Crippen LogP contribution in [-0.2, 0) is 4.74 Å². The van der Waals surface area contributed by atoms with Crippen LogP contribution in [0.5, 0.6) is 0 Å². The Morgan fingerprint density at radius 1 is 1.50 bits per heavy atom. The molecule has 2 rings (SSSR count). The Hall–Kier alpha value is -0.930. The van der Waals surface area contributed by atoms with E-state index in [0.717, 1.165) is 12.0 Å². The molecule has 1 fully saturated rings. The topological polar surface area (TPSA) is 35.2 Å². The molecule has 76 valence electrons. The van der Waals surface area contributed by atoms with Gasteiger partial charge in [-0.25, -0.2) is 4.39 Å². The van der Waals surface area contributed by atoms with Crippen molar-refractivity contribution < 1.29 is 9.13 Å². The Bertz CT molecular complexity index is 340. The van der Waals surface area contributed by atoms with Crippen molar-refractivity contribution in [3.63, 3.8) is 0 Å². The predicted molar refractivity (Wildman–Crippen MR) is 52.4 cm³/mol. The molecule has 1 aromatic rings. The Morgan fingerprint density at radius 2 is 2.29 bits per heavy atom. The number of halogens is 1. The third kappa shape index (κ3) is 1.65. The van der Waals surface area contributed by atoms with Crippen molar-refractivity contribution in [3.05, 3.63) is 35.1 Å². The molecule has 1 heterocycles. The van der Waals surface area contributed by atoms with Gasteiger partial charge in [-0.05, 0) is 30.5 Å². The number of aryl methyl sites for hydroxylation is 1. The maximum atomic E-state index is 13.3. The van der Waals surface area contributed by atoms with Gasteiger partial charge >= 0.3 is 0 Å². The van der Waals surface area contributed by atoms with Gasteiger partial charge in [-0.15, -0.1) is 0 Å². The highest BCUT2D eigenvalue weighted by atomic mass is 19.1. The summed E-state index contributed by atoms with van der Waals surface area (Å²) < 4.78 is 18.7. The fourth-order valence-electron chi connectivity index (χ4n) is 1.74. The smallest absolute Gasteiger partial charge is 0.126 e. The summed E-state index contributed by atoms with van der Waals surface area (Å²) in [5, 5.41) is 0. The maximum Gasteiger partial charge on any atom is 0.126 e. The third-order valence-corrected chi connectivity index (χ3v) is 2.66. The predicted octanol–water partition coefficient (Wildman–Crippen LogP) is 1.92. The molecule has 2 unspecified atom stereocenters. The van der Waals surface area contributed by atoms with Crippen LogP contribution in [-0.4, -0.2) is 12.6 Å². The second-order valence-corrected chi connectivity index (χ2v) is 3.75. The van der Waals surface area contributed by atoms with Crippen LogP contribution in [0.1, 0.15) is 23.7 Å². The number of benzene rings is 1. The zero-order chi connectivity index (χ0) is 10.1. The molecule has 3 heteroatoms. The second-order valence-electron chi connectivity index (χ2n) is 3.75. The van der Waals surface area contributed by atoms with E-state index < -0.39 is 0 Å². The van der Waals surface area contributed by atoms with E-state index in [1.165, 1.54) is 6.07 Å². The molecule has 1 aromatic carbocycles. The first-order valence-electron chi connectivity index (χ1n) is 4.81. The Kier molecular flexibility index (Phi) is 2.52. The van der Waals surface area contributed by atoms with E-state index in [9.17, 15) is 4.39 Å². The number of hydrogen-bond donors (Lipinski definition) is 1. The Labute approximate surface area is 82.9 Å². The summed E-state index contributed by atoms with van der Waals surface area (Å²) in [5.74, 6) is -0.190. The fourth-order valence-corrected chi connectivity index (χ4v) is 1.74. The third-order valence-electron chi connectivity index (χ3n) is 2.66. The van der Waals surface area contributed by atoms with E-state index >= 15 is 0 Å². The lowest BCUT2D eigenvalue weighted by Gasteiger charge is -2.15. The molecule has 2 atom stereocenters. The van der Waals surface area contributed by atoms with E-state index in [4.69, 9.17) is 10.5 Å². The zero-order valence-electron chi connectivity index (χ0n) is 8.16. The van der Waals surface area contributed by atoms with Gasteiger partial charge < -0.3 is 10.5 Å². The summed E-state index contributed by atoms with van der Waals surface area (Å²) in [6, 6.07) is 5.16. The van der Waals surface area contributed by atoms with Gasteiger partial charge in [0.05, 0.1) is 6.10 Å². The molecule has 14 heavy (non-hydrogen) atoms. The molecular weight excluding hydrogens is 181 g/mol. The summed E-state index contributed by atoms with van der Waals surface area (Å²) in [7, 11) is 0. The molecule has 0 aromatic heterocycles. The summed E-state index contributed by atoms with van der Waals surface area (Å²) in [4.78, 5) is 0.